The second-order valence-electron chi connectivity index (χ2n) is 2.90. The fourth-order valence-corrected chi connectivity index (χ4v) is 0.941. The monoisotopic (exact) mass is 165 g/mol. The van der Waals surface area contributed by atoms with Crippen LogP contribution in [-0.2, 0) is 0 Å². The highest BCUT2D eigenvalue weighted by Gasteiger charge is 1.92. The quantitative estimate of drug-likeness (QED) is 0.640. The molecule has 0 aromatic carbocycles. The van der Waals surface area contributed by atoms with Crippen molar-refractivity contribution < 1.29 is 4.74 Å². The average molecular weight is 165 g/mol. The van der Waals surface area contributed by atoms with Crippen LogP contribution in [0.5, 0.6) is 5.75 Å². The van der Waals surface area contributed by atoms with Gasteiger partial charge in [-0.3, -0.25) is 4.98 Å². The van der Waals surface area contributed by atoms with Gasteiger partial charge >= 0.3 is 0 Å². The van der Waals surface area contributed by atoms with Gasteiger partial charge in [0, 0.05) is 6.20 Å². The van der Waals surface area contributed by atoms with Gasteiger partial charge in [0.05, 0.1) is 12.8 Å². The summed E-state index contributed by atoms with van der Waals surface area (Å²) in [7, 11) is 0. The first kappa shape index (κ1) is 9.04. The van der Waals surface area contributed by atoms with Crippen molar-refractivity contribution in [1.82, 2.24) is 4.98 Å². The molecule has 0 aliphatic heterocycles. The van der Waals surface area contributed by atoms with Crippen molar-refractivity contribution in [3.8, 4) is 5.75 Å². The van der Waals surface area contributed by atoms with E-state index in [0.717, 1.165) is 24.3 Å². The van der Waals surface area contributed by atoms with Gasteiger partial charge in [-0.1, -0.05) is 13.3 Å². The predicted molar refractivity (Wildman–Crippen MR) is 49.4 cm³/mol. The second-order valence-corrected chi connectivity index (χ2v) is 2.90. The zero-order chi connectivity index (χ0) is 8.81. The summed E-state index contributed by atoms with van der Waals surface area (Å²) in [6, 6.07) is 2.00. The van der Waals surface area contributed by atoms with Gasteiger partial charge in [-0.2, -0.15) is 0 Å². The summed E-state index contributed by atoms with van der Waals surface area (Å²) in [5.74, 6) is 0.878. The molecule has 0 radical (unpaired) electrons. The lowest BCUT2D eigenvalue weighted by atomic mass is 10.3. The maximum Gasteiger partial charge on any atom is 0.137 e. The predicted octanol–water partition coefficient (Wildman–Crippen LogP) is 2.57. The minimum absolute atomic E-state index is 0.793. The van der Waals surface area contributed by atoms with E-state index in [-0.39, 0.29) is 0 Å². The highest BCUT2D eigenvalue weighted by molar-refractivity contribution is 5.22. The van der Waals surface area contributed by atoms with Crippen LogP contribution in [0.15, 0.2) is 18.5 Å². The van der Waals surface area contributed by atoms with E-state index in [0.29, 0.717) is 0 Å². The van der Waals surface area contributed by atoms with Gasteiger partial charge in [0.1, 0.15) is 5.75 Å². The molecule has 1 aromatic rings. The Morgan fingerprint density at radius 1 is 1.42 bits per heavy atom. The lowest BCUT2D eigenvalue weighted by molar-refractivity contribution is 0.308. The molecular weight excluding hydrogens is 150 g/mol. The highest BCUT2D eigenvalue weighted by Crippen LogP contribution is 2.10. The van der Waals surface area contributed by atoms with Crippen molar-refractivity contribution in [2.45, 2.75) is 26.7 Å². The standard InChI is InChI=1S/C10H15NO/c1-3-4-5-12-10-6-9(2)7-11-8-10/h6-8H,3-5H2,1-2H3. The third-order valence-corrected chi connectivity index (χ3v) is 1.62. The Labute approximate surface area is 73.6 Å². The summed E-state index contributed by atoms with van der Waals surface area (Å²) in [4.78, 5) is 4.04. The molecule has 0 saturated heterocycles. The van der Waals surface area contributed by atoms with Gasteiger partial charge in [-0.25, -0.2) is 0 Å². The molecule has 0 N–H and O–H groups in total. The van der Waals surface area contributed by atoms with Gasteiger partial charge in [0.25, 0.3) is 0 Å². The topological polar surface area (TPSA) is 22.1 Å². The zero-order valence-electron chi connectivity index (χ0n) is 7.71. The minimum atomic E-state index is 0.793. The number of pyridine rings is 1. The first-order valence-electron chi connectivity index (χ1n) is 4.37. The molecule has 0 bridgehead atoms. The van der Waals surface area contributed by atoms with E-state index < -0.39 is 0 Å². The van der Waals surface area contributed by atoms with Crippen LogP contribution < -0.4 is 4.74 Å². The molecular formula is C10H15NO. The van der Waals surface area contributed by atoms with E-state index in [4.69, 9.17) is 4.74 Å². The lowest BCUT2D eigenvalue weighted by Crippen LogP contribution is -1.96. The fourth-order valence-electron chi connectivity index (χ4n) is 0.941. The summed E-state index contributed by atoms with van der Waals surface area (Å²) < 4.78 is 5.46. The Morgan fingerprint density at radius 2 is 2.25 bits per heavy atom. The van der Waals surface area contributed by atoms with Gasteiger partial charge in [0.2, 0.25) is 0 Å². The summed E-state index contributed by atoms with van der Waals surface area (Å²) in [6.07, 6.45) is 5.85. The molecule has 0 aliphatic carbocycles. The molecule has 0 spiro atoms. The number of nitrogens with zero attached hydrogens (tertiary/aromatic N) is 1. The maximum absolute atomic E-state index is 5.46. The average Bonchev–Trinajstić information content (AvgIpc) is 2.05. The van der Waals surface area contributed by atoms with Crippen molar-refractivity contribution in [3.63, 3.8) is 0 Å². The molecule has 0 amide bonds. The van der Waals surface area contributed by atoms with Crippen molar-refractivity contribution in [2.24, 2.45) is 0 Å². The molecule has 0 aliphatic rings. The van der Waals surface area contributed by atoms with Crippen molar-refractivity contribution >= 4 is 0 Å². The number of hydrogen-bond donors (Lipinski definition) is 0. The smallest absolute Gasteiger partial charge is 0.137 e. The van der Waals surface area contributed by atoms with Gasteiger partial charge in [-0.05, 0) is 25.0 Å². The maximum atomic E-state index is 5.46. The van der Waals surface area contributed by atoms with Gasteiger partial charge < -0.3 is 4.74 Å². The van der Waals surface area contributed by atoms with E-state index in [2.05, 4.69) is 11.9 Å². The molecule has 1 rings (SSSR count). The fraction of sp³-hybridized carbons (Fsp3) is 0.500. The number of unbranched alkanes of at least 4 members (excludes halogenated alkanes) is 1. The first-order chi connectivity index (χ1) is 5.83. The largest absolute Gasteiger partial charge is 0.492 e. The summed E-state index contributed by atoms with van der Waals surface area (Å²) in [5, 5.41) is 0. The Hall–Kier alpha value is -1.05. The molecule has 1 aromatic heterocycles. The van der Waals surface area contributed by atoms with Crippen LogP contribution in [0.25, 0.3) is 0 Å². The summed E-state index contributed by atoms with van der Waals surface area (Å²) >= 11 is 0. The number of rotatable bonds is 4. The Balaban J connectivity index is 2.41. The molecule has 0 saturated carbocycles. The van der Waals surface area contributed by atoms with Crippen LogP contribution in [-0.4, -0.2) is 11.6 Å². The molecule has 0 atom stereocenters. The number of aromatic nitrogens is 1. The normalized spacial score (nSPS) is 9.83. The van der Waals surface area contributed by atoms with E-state index >= 15 is 0 Å². The van der Waals surface area contributed by atoms with Crippen molar-refractivity contribution in [1.29, 1.82) is 0 Å². The van der Waals surface area contributed by atoms with E-state index in [1.807, 2.05) is 19.2 Å². The number of hydrogen-bond acceptors (Lipinski definition) is 2. The van der Waals surface area contributed by atoms with Crippen LogP contribution in [0.1, 0.15) is 25.3 Å². The van der Waals surface area contributed by atoms with Crippen LogP contribution in [0.3, 0.4) is 0 Å². The highest BCUT2D eigenvalue weighted by atomic mass is 16.5. The molecule has 66 valence electrons. The van der Waals surface area contributed by atoms with Crippen LogP contribution in [0.4, 0.5) is 0 Å². The molecule has 0 unspecified atom stereocenters. The minimum Gasteiger partial charge on any atom is -0.492 e. The first-order valence-corrected chi connectivity index (χ1v) is 4.37. The number of aryl methyl sites for hydroxylation is 1. The summed E-state index contributed by atoms with van der Waals surface area (Å²) in [6.45, 7) is 4.96. The van der Waals surface area contributed by atoms with Crippen LogP contribution in [0.2, 0.25) is 0 Å². The molecule has 0 fully saturated rings. The Kier molecular flexibility index (Phi) is 3.58. The van der Waals surface area contributed by atoms with E-state index in [1.165, 1.54) is 6.42 Å². The third-order valence-electron chi connectivity index (χ3n) is 1.62. The molecule has 1 heterocycles. The molecule has 12 heavy (non-hydrogen) atoms. The second kappa shape index (κ2) is 4.75. The van der Waals surface area contributed by atoms with Crippen molar-refractivity contribution in [3.05, 3.63) is 24.0 Å². The van der Waals surface area contributed by atoms with Crippen LogP contribution >= 0.6 is 0 Å². The molecule has 2 nitrogen and oxygen atoms in total. The Morgan fingerprint density at radius 3 is 2.92 bits per heavy atom. The van der Waals surface area contributed by atoms with E-state index in [9.17, 15) is 0 Å². The van der Waals surface area contributed by atoms with Gasteiger partial charge in [0.15, 0.2) is 0 Å². The Bertz CT molecular complexity index is 235. The lowest BCUT2D eigenvalue weighted by Gasteiger charge is -2.04. The zero-order valence-corrected chi connectivity index (χ0v) is 7.71. The van der Waals surface area contributed by atoms with Gasteiger partial charge in [-0.15, -0.1) is 0 Å². The third kappa shape index (κ3) is 2.91. The van der Waals surface area contributed by atoms with E-state index in [1.54, 1.807) is 6.20 Å². The SMILES string of the molecule is CCCCOc1cncc(C)c1. The van der Waals surface area contributed by atoms with Crippen LogP contribution in [0, 0.1) is 6.92 Å². The van der Waals surface area contributed by atoms with Crippen molar-refractivity contribution in [2.75, 3.05) is 6.61 Å². The summed E-state index contributed by atoms with van der Waals surface area (Å²) in [5.41, 5.74) is 1.14. The number of ether oxygens (including phenoxy) is 1. The molecule has 2 heteroatoms.